The topological polar surface area (TPSA) is 52.9 Å². The molecule has 0 saturated heterocycles. The Balaban J connectivity index is 2.10. The number of carbonyl (C=O) groups is 1. The third kappa shape index (κ3) is 2.53. The number of nitriles is 1. The van der Waals surface area contributed by atoms with Crippen LogP contribution in [-0.2, 0) is 0 Å². The maximum absolute atomic E-state index is 12.2. The maximum Gasteiger partial charge on any atom is 0.251 e. The summed E-state index contributed by atoms with van der Waals surface area (Å²) < 4.78 is 0. The molecular formula is C15H18N2O. The summed E-state index contributed by atoms with van der Waals surface area (Å²) in [4.78, 5) is 12.2. The molecule has 18 heavy (non-hydrogen) atoms. The highest BCUT2D eigenvalue weighted by atomic mass is 16.1. The molecule has 1 aromatic rings. The molecule has 0 heterocycles. The van der Waals surface area contributed by atoms with E-state index in [0.717, 1.165) is 30.4 Å². The number of nitrogens with one attached hydrogen (secondary N) is 1. The van der Waals surface area contributed by atoms with E-state index in [4.69, 9.17) is 5.26 Å². The van der Waals surface area contributed by atoms with Gasteiger partial charge in [0.05, 0.1) is 12.0 Å². The van der Waals surface area contributed by atoms with Crippen LogP contribution in [0.2, 0.25) is 0 Å². The Morgan fingerprint density at radius 1 is 1.39 bits per heavy atom. The minimum absolute atomic E-state index is 0.0169. The van der Waals surface area contributed by atoms with E-state index in [1.54, 1.807) is 0 Å². The fraction of sp³-hybridized carbons (Fsp3) is 0.467. The largest absolute Gasteiger partial charge is 0.348 e. The lowest BCUT2D eigenvalue weighted by atomic mass is 10.0. The van der Waals surface area contributed by atoms with Gasteiger partial charge >= 0.3 is 0 Å². The van der Waals surface area contributed by atoms with Crippen molar-refractivity contribution in [2.45, 2.75) is 39.2 Å². The second kappa shape index (κ2) is 5.22. The number of aryl methyl sites for hydroxylation is 2. The first-order chi connectivity index (χ1) is 8.61. The van der Waals surface area contributed by atoms with E-state index in [1.165, 1.54) is 0 Å². The molecule has 0 radical (unpaired) electrons. The first-order valence-electron chi connectivity index (χ1n) is 6.39. The van der Waals surface area contributed by atoms with Crippen molar-refractivity contribution in [1.29, 1.82) is 5.26 Å². The monoisotopic (exact) mass is 242 g/mol. The summed E-state index contributed by atoms with van der Waals surface area (Å²) in [6.45, 7) is 3.95. The lowest BCUT2D eigenvalue weighted by Crippen LogP contribution is -2.37. The van der Waals surface area contributed by atoms with E-state index < -0.39 is 0 Å². The molecule has 2 unspecified atom stereocenters. The van der Waals surface area contributed by atoms with Crippen molar-refractivity contribution in [3.63, 3.8) is 0 Å². The average Bonchev–Trinajstić information content (AvgIpc) is 2.76. The van der Waals surface area contributed by atoms with Crippen LogP contribution in [0.25, 0.3) is 0 Å². The zero-order chi connectivity index (χ0) is 13.1. The molecule has 0 bridgehead atoms. The normalized spacial score (nSPS) is 22.5. The van der Waals surface area contributed by atoms with Crippen LogP contribution in [0.1, 0.15) is 40.7 Å². The van der Waals surface area contributed by atoms with Crippen molar-refractivity contribution in [3.8, 4) is 6.07 Å². The molecule has 3 heteroatoms. The van der Waals surface area contributed by atoms with Crippen LogP contribution in [0.15, 0.2) is 18.2 Å². The van der Waals surface area contributed by atoms with Crippen molar-refractivity contribution in [3.05, 3.63) is 34.9 Å². The number of hydrogen-bond donors (Lipinski definition) is 1. The summed E-state index contributed by atoms with van der Waals surface area (Å²) in [7, 11) is 0. The summed E-state index contributed by atoms with van der Waals surface area (Å²) in [5.74, 6) is -0.0839. The molecule has 1 aromatic carbocycles. The van der Waals surface area contributed by atoms with E-state index in [2.05, 4.69) is 11.4 Å². The number of nitrogens with zero attached hydrogens (tertiary/aromatic N) is 1. The number of benzene rings is 1. The molecule has 1 aliphatic carbocycles. The van der Waals surface area contributed by atoms with Crippen LogP contribution in [0.4, 0.5) is 0 Å². The highest BCUT2D eigenvalue weighted by Crippen LogP contribution is 2.25. The summed E-state index contributed by atoms with van der Waals surface area (Å²) in [6.07, 6.45) is 2.83. The quantitative estimate of drug-likeness (QED) is 0.867. The van der Waals surface area contributed by atoms with Gasteiger partial charge in [-0.1, -0.05) is 17.7 Å². The molecule has 2 atom stereocenters. The Labute approximate surface area is 108 Å². The van der Waals surface area contributed by atoms with Crippen molar-refractivity contribution in [1.82, 2.24) is 5.32 Å². The van der Waals surface area contributed by atoms with Gasteiger partial charge in [0.15, 0.2) is 0 Å². The molecule has 1 fully saturated rings. The average molecular weight is 242 g/mol. The minimum atomic E-state index is -0.0559. The van der Waals surface area contributed by atoms with Crippen LogP contribution in [0.5, 0.6) is 0 Å². The van der Waals surface area contributed by atoms with Crippen molar-refractivity contribution in [2.24, 2.45) is 5.92 Å². The van der Waals surface area contributed by atoms with E-state index in [1.807, 2.05) is 32.0 Å². The zero-order valence-corrected chi connectivity index (χ0v) is 10.9. The number of amides is 1. The van der Waals surface area contributed by atoms with Gasteiger partial charge in [0.1, 0.15) is 0 Å². The molecule has 1 aliphatic rings. The molecule has 94 valence electrons. The Morgan fingerprint density at radius 3 is 2.83 bits per heavy atom. The van der Waals surface area contributed by atoms with Gasteiger partial charge in [-0.05, 0) is 44.7 Å². The van der Waals surface area contributed by atoms with Crippen LogP contribution >= 0.6 is 0 Å². The second-order valence-corrected chi connectivity index (χ2v) is 5.06. The first-order valence-corrected chi connectivity index (χ1v) is 6.39. The van der Waals surface area contributed by atoms with Crippen LogP contribution in [0, 0.1) is 31.1 Å². The second-order valence-electron chi connectivity index (χ2n) is 5.06. The smallest absolute Gasteiger partial charge is 0.251 e. The fourth-order valence-electron chi connectivity index (χ4n) is 2.60. The fourth-order valence-corrected chi connectivity index (χ4v) is 2.60. The number of carbonyl (C=O) groups excluding carboxylic acids is 1. The van der Waals surface area contributed by atoms with Gasteiger partial charge < -0.3 is 5.32 Å². The standard InChI is InChI=1S/C15H18N2O/c1-10-6-7-13(11(2)8-10)15(18)17-14-5-3-4-12(14)9-16/h6-8,12,14H,3-5H2,1-2H3,(H,17,18). The highest BCUT2D eigenvalue weighted by Gasteiger charge is 2.28. The predicted molar refractivity (Wildman–Crippen MR) is 70.1 cm³/mol. The van der Waals surface area contributed by atoms with Gasteiger partial charge in [-0.2, -0.15) is 5.26 Å². The summed E-state index contributed by atoms with van der Waals surface area (Å²) in [5, 5.41) is 12.0. The molecular weight excluding hydrogens is 224 g/mol. The third-order valence-corrected chi connectivity index (χ3v) is 3.62. The molecule has 1 amide bonds. The minimum Gasteiger partial charge on any atom is -0.348 e. The van der Waals surface area contributed by atoms with Gasteiger partial charge in [0, 0.05) is 11.6 Å². The maximum atomic E-state index is 12.2. The van der Waals surface area contributed by atoms with Gasteiger partial charge in [-0.15, -0.1) is 0 Å². The molecule has 0 aromatic heterocycles. The highest BCUT2D eigenvalue weighted by molar-refractivity contribution is 5.95. The Morgan fingerprint density at radius 2 is 2.17 bits per heavy atom. The van der Waals surface area contributed by atoms with Crippen molar-refractivity contribution in [2.75, 3.05) is 0 Å². The number of hydrogen-bond acceptors (Lipinski definition) is 2. The summed E-state index contributed by atoms with van der Waals surface area (Å²) in [6, 6.07) is 8.10. The van der Waals surface area contributed by atoms with Gasteiger partial charge in [0.2, 0.25) is 0 Å². The summed E-state index contributed by atoms with van der Waals surface area (Å²) >= 11 is 0. The van der Waals surface area contributed by atoms with E-state index >= 15 is 0 Å². The molecule has 3 nitrogen and oxygen atoms in total. The molecule has 1 N–H and O–H groups in total. The van der Waals surface area contributed by atoms with Crippen LogP contribution in [-0.4, -0.2) is 11.9 Å². The first kappa shape index (κ1) is 12.6. The van der Waals surface area contributed by atoms with Crippen molar-refractivity contribution >= 4 is 5.91 Å². The SMILES string of the molecule is Cc1ccc(C(=O)NC2CCCC2C#N)c(C)c1. The van der Waals surface area contributed by atoms with Gasteiger partial charge in [0.25, 0.3) is 5.91 Å². The lowest BCUT2D eigenvalue weighted by Gasteiger charge is -2.16. The van der Waals surface area contributed by atoms with Crippen LogP contribution in [0.3, 0.4) is 0 Å². The third-order valence-electron chi connectivity index (χ3n) is 3.62. The molecule has 1 saturated carbocycles. The Hall–Kier alpha value is -1.82. The van der Waals surface area contributed by atoms with Crippen LogP contribution < -0.4 is 5.32 Å². The molecule has 2 rings (SSSR count). The van der Waals surface area contributed by atoms with E-state index in [9.17, 15) is 4.79 Å². The van der Waals surface area contributed by atoms with E-state index in [0.29, 0.717) is 5.56 Å². The summed E-state index contributed by atoms with van der Waals surface area (Å²) in [5.41, 5.74) is 2.85. The molecule has 0 aliphatic heterocycles. The zero-order valence-electron chi connectivity index (χ0n) is 10.9. The van der Waals surface area contributed by atoms with Crippen molar-refractivity contribution < 1.29 is 4.79 Å². The van der Waals surface area contributed by atoms with Gasteiger partial charge in [-0.3, -0.25) is 4.79 Å². The Kier molecular flexibility index (Phi) is 3.66. The van der Waals surface area contributed by atoms with Gasteiger partial charge in [-0.25, -0.2) is 0 Å². The Bertz CT molecular complexity index is 502. The number of rotatable bonds is 2. The van der Waals surface area contributed by atoms with E-state index in [-0.39, 0.29) is 17.9 Å². The lowest BCUT2D eigenvalue weighted by molar-refractivity contribution is 0.0932. The molecule has 0 spiro atoms. The predicted octanol–water partition coefficient (Wildman–Crippen LogP) is 2.73.